The monoisotopic (exact) mass is 323 g/mol. The fraction of sp³-hybridized carbons (Fsp3) is 0.231. The van der Waals surface area contributed by atoms with E-state index in [2.05, 4.69) is 26.3 Å². The molecule has 2 rings (SSSR count). The van der Waals surface area contributed by atoms with Crippen molar-refractivity contribution in [2.24, 2.45) is 0 Å². The number of aryl methyl sites for hydroxylation is 1. The lowest BCUT2D eigenvalue weighted by atomic mass is 10.2. The highest BCUT2D eigenvalue weighted by molar-refractivity contribution is 9.10. The van der Waals surface area contributed by atoms with Crippen LogP contribution in [0.5, 0.6) is 0 Å². The molecular weight excluding hydrogens is 310 g/mol. The third-order valence-corrected chi connectivity index (χ3v) is 3.03. The van der Waals surface area contributed by atoms with Gasteiger partial charge < -0.3 is 10.4 Å². The van der Waals surface area contributed by atoms with Crippen LogP contribution in [0.25, 0.3) is 0 Å². The first kappa shape index (κ1) is 13.6. The van der Waals surface area contributed by atoms with Gasteiger partial charge in [0.25, 0.3) is 0 Å². The van der Waals surface area contributed by atoms with Crippen LogP contribution in [0.3, 0.4) is 0 Å². The molecule has 1 aromatic heterocycles. The zero-order valence-corrected chi connectivity index (χ0v) is 12.0. The minimum atomic E-state index is -0.938. The zero-order chi connectivity index (χ0) is 13.8. The maximum Gasteiger partial charge on any atom is 0.335 e. The Hall–Kier alpha value is -1.82. The van der Waals surface area contributed by atoms with Gasteiger partial charge in [-0.1, -0.05) is 15.9 Å². The number of carbonyl (C=O) groups is 1. The van der Waals surface area contributed by atoms with E-state index in [9.17, 15) is 4.79 Å². The molecule has 0 bridgehead atoms. The van der Waals surface area contributed by atoms with Gasteiger partial charge in [0.15, 0.2) is 0 Å². The topological polar surface area (TPSA) is 67.2 Å². The van der Waals surface area contributed by atoms with Crippen molar-refractivity contribution in [1.82, 2.24) is 9.78 Å². The fourth-order valence-corrected chi connectivity index (χ4v) is 2.21. The highest BCUT2D eigenvalue weighted by atomic mass is 79.9. The number of nitrogens with zero attached hydrogens (tertiary/aromatic N) is 2. The molecule has 19 heavy (non-hydrogen) atoms. The first-order valence-electron chi connectivity index (χ1n) is 5.81. The Kier molecular flexibility index (Phi) is 4.21. The third-order valence-electron chi connectivity index (χ3n) is 2.58. The summed E-state index contributed by atoms with van der Waals surface area (Å²) in [6, 6.07) is 5.03. The number of aromatic carboxylic acids is 1. The smallest absolute Gasteiger partial charge is 0.335 e. The number of benzene rings is 1. The molecule has 0 aliphatic rings. The van der Waals surface area contributed by atoms with Crippen LogP contribution in [0.4, 0.5) is 5.69 Å². The molecule has 0 atom stereocenters. The van der Waals surface area contributed by atoms with E-state index in [4.69, 9.17) is 5.11 Å². The lowest BCUT2D eigenvalue weighted by Gasteiger charge is -2.08. The molecule has 2 N–H and O–H groups in total. The second kappa shape index (κ2) is 5.88. The molecular formula is C13H14BrN3O2. The SMILES string of the molecule is Cc1cnn(CCNc2cc(Br)cc(C(=O)O)c2)c1. The number of anilines is 1. The summed E-state index contributed by atoms with van der Waals surface area (Å²) in [4.78, 5) is 10.9. The molecule has 2 aromatic rings. The molecule has 100 valence electrons. The largest absolute Gasteiger partial charge is 0.478 e. The lowest BCUT2D eigenvalue weighted by molar-refractivity contribution is 0.0697. The molecule has 0 radical (unpaired) electrons. The summed E-state index contributed by atoms with van der Waals surface area (Å²) in [6.45, 7) is 3.39. The Morgan fingerprint density at radius 2 is 2.26 bits per heavy atom. The second-order valence-electron chi connectivity index (χ2n) is 4.24. The summed E-state index contributed by atoms with van der Waals surface area (Å²) in [5.41, 5.74) is 2.15. The molecule has 1 heterocycles. The average molecular weight is 324 g/mol. The fourth-order valence-electron chi connectivity index (χ4n) is 1.72. The number of rotatable bonds is 5. The van der Waals surface area contributed by atoms with Crippen LogP contribution in [0.2, 0.25) is 0 Å². The average Bonchev–Trinajstić information content (AvgIpc) is 2.74. The van der Waals surface area contributed by atoms with Gasteiger partial charge in [0, 0.05) is 22.9 Å². The van der Waals surface area contributed by atoms with Crippen molar-refractivity contribution < 1.29 is 9.90 Å². The summed E-state index contributed by atoms with van der Waals surface area (Å²) in [5.74, 6) is -0.938. The van der Waals surface area contributed by atoms with Crippen molar-refractivity contribution >= 4 is 27.6 Å². The molecule has 0 saturated heterocycles. The summed E-state index contributed by atoms with van der Waals surface area (Å²) in [7, 11) is 0. The van der Waals surface area contributed by atoms with E-state index in [1.165, 1.54) is 0 Å². The normalized spacial score (nSPS) is 10.4. The maximum absolute atomic E-state index is 10.9. The zero-order valence-electron chi connectivity index (χ0n) is 10.4. The van der Waals surface area contributed by atoms with Gasteiger partial charge in [-0.2, -0.15) is 5.10 Å². The van der Waals surface area contributed by atoms with E-state index >= 15 is 0 Å². The number of hydrogen-bond acceptors (Lipinski definition) is 3. The van der Waals surface area contributed by atoms with Crippen molar-refractivity contribution in [1.29, 1.82) is 0 Å². The highest BCUT2D eigenvalue weighted by Gasteiger charge is 2.05. The van der Waals surface area contributed by atoms with Crippen molar-refractivity contribution in [3.8, 4) is 0 Å². The Labute approximate surface area is 119 Å². The predicted octanol–water partition coefficient (Wildman–Crippen LogP) is 2.76. The Balaban J connectivity index is 1.97. The molecule has 0 saturated carbocycles. The van der Waals surface area contributed by atoms with E-state index in [-0.39, 0.29) is 5.56 Å². The number of hydrogen-bond donors (Lipinski definition) is 2. The molecule has 0 unspecified atom stereocenters. The van der Waals surface area contributed by atoms with Crippen LogP contribution in [-0.2, 0) is 6.54 Å². The first-order chi connectivity index (χ1) is 9.04. The van der Waals surface area contributed by atoms with Gasteiger partial charge in [-0.05, 0) is 30.7 Å². The van der Waals surface area contributed by atoms with Gasteiger partial charge in [0.05, 0.1) is 18.3 Å². The number of aromatic nitrogens is 2. The van der Waals surface area contributed by atoms with E-state index < -0.39 is 5.97 Å². The summed E-state index contributed by atoms with van der Waals surface area (Å²) in [5, 5.41) is 16.3. The molecule has 1 aromatic carbocycles. The van der Waals surface area contributed by atoms with E-state index in [0.29, 0.717) is 6.54 Å². The van der Waals surface area contributed by atoms with E-state index in [1.807, 2.05) is 30.1 Å². The maximum atomic E-state index is 10.9. The van der Waals surface area contributed by atoms with Crippen molar-refractivity contribution in [3.63, 3.8) is 0 Å². The Bertz CT molecular complexity index is 595. The van der Waals surface area contributed by atoms with Crippen molar-refractivity contribution in [2.75, 3.05) is 11.9 Å². The van der Waals surface area contributed by atoms with Crippen molar-refractivity contribution in [3.05, 3.63) is 46.2 Å². The lowest BCUT2D eigenvalue weighted by Crippen LogP contribution is -2.11. The van der Waals surface area contributed by atoms with Gasteiger partial charge >= 0.3 is 5.97 Å². The van der Waals surface area contributed by atoms with Crippen LogP contribution in [-0.4, -0.2) is 27.4 Å². The number of carboxylic acid groups (broad SMARTS) is 1. The van der Waals surface area contributed by atoms with E-state index in [1.54, 1.807) is 12.1 Å². The van der Waals surface area contributed by atoms with Gasteiger partial charge in [-0.3, -0.25) is 4.68 Å². The number of nitrogens with one attached hydrogen (secondary N) is 1. The highest BCUT2D eigenvalue weighted by Crippen LogP contribution is 2.19. The summed E-state index contributed by atoms with van der Waals surface area (Å²) >= 11 is 3.30. The number of carboxylic acids is 1. The summed E-state index contributed by atoms with van der Waals surface area (Å²) < 4.78 is 2.59. The van der Waals surface area contributed by atoms with Gasteiger partial charge in [-0.25, -0.2) is 4.79 Å². The molecule has 5 nitrogen and oxygen atoms in total. The van der Waals surface area contributed by atoms with Gasteiger partial charge in [0.1, 0.15) is 0 Å². The molecule has 0 spiro atoms. The minimum absolute atomic E-state index is 0.256. The van der Waals surface area contributed by atoms with Crippen LogP contribution >= 0.6 is 15.9 Å². The van der Waals surface area contributed by atoms with Gasteiger partial charge in [-0.15, -0.1) is 0 Å². The third kappa shape index (κ3) is 3.82. The Morgan fingerprint density at radius 1 is 1.47 bits per heavy atom. The second-order valence-corrected chi connectivity index (χ2v) is 5.16. The Morgan fingerprint density at radius 3 is 2.89 bits per heavy atom. The summed E-state index contributed by atoms with van der Waals surface area (Å²) in [6.07, 6.45) is 3.77. The van der Waals surface area contributed by atoms with Crippen LogP contribution in [0, 0.1) is 6.92 Å². The van der Waals surface area contributed by atoms with Crippen LogP contribution in [0.1, 0.15) is 15.9 Å². The van der Waals surface area contributed by atoms with Gasteiger partial charge in [0.2, 0.25) is 0 Å². The molecule has 6 heteroatoms. The van der Waals surface area contributed by atoms with Crippen LogP contribution < -0.4 is 5.32 Å². The van der Waals surface area contributed by atoms with Crippen LogP contribution in [0.15, 0.2) is 35.1 Å². The predicted molar refractivity (Wildman–Crippen MR) is 76.6 cm³/mol. The molecule has 0 fully saturated rings. The first-order valence-corrected chi connectivity index (χ1v) is 6.61. The molecule has 0 amide bonds. The van der Waals surface area contributed by atoms with Crippen molar-refractivity contribution in [2.45, 2.75) is 13.5 Å². The van der Waals surface area contributed by atoms with E-state index in [0.717, 1.165) is 22.3 Å². The standard InChI is InChI=1S/C13H14BrN3O2/c1-9-7-16-17(8-9)3-2-15-12-5-10(13(18)19)4-11(14)6-12/h4-8,15H,2-3H2,1H3,(H,18,19). The molecule has 0 aliphatic heterocycles. The number of halogens is 1. The molecule has 0 aliphatic carbocycles. The minimum Gasteiger partial charge on any atom is -0.478 e. The quantitative estimate of drug-likeness (QED) is 0.887.